The number of aliphatic hydroxyl groups is 1. The van der Waals surface area contributed by atoms with Crippen LogP contribution in [0.25, 0.3) is 0 Å². The Kier molecular flexibility index (Phi) is 4.50. The Morgan fingerprint density at radius 1 is 1.50 bits per heavy atom. The molecule has 16 heavy (non-hydrogen) atoms. The lowest BCUT2D eigenvalue weighted by Gasteiger charge is -2.17. The second kappa shape index (κ2) is 5.46. The number of hydrogen-bond acceptors (Lipinski definition) is 2. The van der Waals surface area contributed by atoms with Crippen LogP contribution in [0, 0.1) is 0 Å². The predicted molar refractivity (Wildman–Crippen MR) is 65.3 cm³/mol. The minimum Gasteiger partial charge on any atom is -0.479 e. The van der Waals surface area contributed by atoms with Crippen molar-refractivity contribution >= 4 is 21.9 Å². The summed E-state index contributed by atoms with van der Waals surface area (Å²) in [5.41, 5.74) is -0.484. The van der Waals surface area contributed by atoms with Gasteiger partial charge in [0.2, 0.25) is 0 Å². The Hall–Kier alpha value is -0.870. The Morgan fingerprint density at radius 3 is 2.75 bits per heavy atom. The first-order valence-corrected chi connectivity index (χ1v) is 5.91. The van der Waals surface area contributed by atoms with Crippen molar-refractivity contribution in [2.75, 3.05) is 0 Å². The SMILES string of the molecule is CC(O)(CCCc1cccc(Br)c1)C(=O)O. The number of halogens is 1. The molecule has 0 bridgehead atoms. The van der Waals surface area contributed by atoms with Crippen LogP contribution in [0.2, 0.25) is 0 Å². The average Bonchev–Trinajstić information content (AvgIpc) is 2.17. The molecule has 0 saturated heterocycles. The smallest absolute Gasteiger partial charge is 0.335 e. The van der Waals surface area contributed by atoms with Crippen LogP contribution in [-0.4, -0.2) is 21.8 Å². The van der Waals surface area contributed by atoms with E-state index in [0.717, 1.165) is 16.5 Å². The summed E-state index contributed by atoms with van der Waals surface area (Å²) in [5, 5.41) is 18.2. The molecule has 0 aliphatic rings. The lowest BCUT2D eigenvalue weighted by molar-refractivity contribution is -0.157. The van der Waals surface area contributed by atoms with Crippen molar-refractivity contribution in [1.82, 2.24) is 0 Å². The minimum atomic E-state index is -1.62. The number of benzene rings is 1. The van der Waals surface area contributed by atoms with Crippen LogP contribution in [0.15, 0.2) is 28.7 Å². The second-order valence-corrected chi connectivity index (χ2v) is 4.98. The molecule has 0 saturated carbocycles. The number of carbonyl (C=O) groups is 1. The van der Waals surface area contributed by atoms with Gasteiger partial charge in [-0.3, -0.25) is 0 Å². The lowest BCUT2D eigenvalue weighted by Crippen LogP contribution is -2.34. The Morgan fingerprint density at radius 2 is 2.19 bits per heavy atom. The topological polar surface area (TPSA) is 57.5 Å². The molecule has 2 N–H and O–H groups in total. The van der Waals surface area contributed by atoms with E-state index in [9.17, 15) is 9.90 Å². The molecule has 4 heteroatoms. The van der Waals surface area contributed by atoms with Gasteiger partial charge in [-0.25, -0.2) is 4.79 Å². The number of carboxylic acid groups (broad SMARTS) is 1. The molecule has 0 heterocycles. The largest absolute Gasteiger partial charge is 0.479 e. The first-order chi connectivity index (χ1) is 7.42. The van der Waals surface area contributed by atoms with Crippen LogP contribution in [0.4, 0.5) is 0 Å². The molecule has 1 unspecified atom stereocenters. The third-order valence-corrected chi connectivity index (χ3v) is 2.97. The van der Waals surface area contributed by atoms with E-state index in [-0.39, 0.29) is 6.42 Å². The lowest BCUT2D eigenvalue weighted by atomic mass is 9.97. The van der Waals surface area contributed by atoms with Crippen LogP contribution < -0.4 is 0 Å². The molecule has 0 radical (unpaired) electrons. The summed E-state index contributed by atoms with van der Waals surface area (Å²) >= 11 is 3.37. The fourth-order valence-electron chi connectivity index (χ4n) is 1.44. The van der Waals surface area contributed by atoms with E-state index in [0.29, 0.717) is 6.42 Å². The van der Waals surface area contributed by atoms with Crippen molar-refractivity contribution in [3.8, 4) is 0 Å². The normalized spacial score (nSPS) is 14.4. The predicted octanol–water partition coefficient (Wildman–Crippen LogP) is 2.61. The molecule has 1 rings (SSSR count). The number of rotatable bonds is 5. The summed E-state index contributed by atoms with van der Waals surface area (Å²) in [6, 6.07) is 7.86. The van der Waals surface area contributed by atoms with Gasteiger partial charge in [-0.05, 0) is 43.9 Å². The van der Waals surface area contributed by atoms with Gasteiger partial charge in [0.15, 0.2) is 5.60 Å². The van der Waals surface area contributed by atoms with Crippen molar-refractivity contribution in [1.29, 1.82) is 0 Å². The summed E-state index contributed by atoms with van der Waals surface area (Å²) in [4.78, 5) is 10.7. The zero-order valence-electron chi connectivity index (χ0n) is 9.11. The van der Waals surface area contributed by atoms with Gasteiger partial charge in [0, 0.05) is 4.47 Å². The summed E-state index contributed by atoms with van der Waals surface area (Å²) in [7, 11) is 0. The van der Waals surface area contributed by atoms with Gasteiger partial charge in [-0.1, -0.05) is 28.1 Å². The van der Waals surface area contributed by atoms with Crippen molar-refractivity contribution in [3.63, 3.8) is 0 Å². The fourth-order valence-corrected chi connectivity index (χ4v) is 1.88. The minimum absolute atomic E-state index is 0.259. The molecule has 3 nitrogen and oxygen atoms in total. The zero-order chi connectivity index (χ0) is 12.2. The number of hydrogen-bond donors (Lipinski definition) is 2. The highest BCUT2D eigenvalue weighted by atomic mass is 79.9. The maximum atomic E-state index is 10.7. The Balaban J connectivity index is 2.45. The van der Waals surface area contributed by atoms with Crippen molar-refractivity contribution in [3.05, 3.63) is 34.3 Å². The molecule has 1 aromatic carbocycles. The molecule has 0 fully saturated rings. The van der Waals surface area contributed by atoms with E-state index in [1.165, 1.54) is 6.92 Å². The van der Waals surface area contributed by atoms with Crippen LogP contribution in [-0.2, 0) is 11.2 Å². The molecular formula is C12H15BrO3. The van der Waals surface area contributed by atoms with Crippen LogP contribution in [0.3, 0.4) is 0 Å². The summed E-state index contributed by atoms with van der Waals surface area (Å²) in [6.45, 7) is 1.33. The van der Waals surface area contributed by atoms with Crippen molar-refractivity contribution in [2.24, 2.45) is 0 Å². The fraction of sp³-hybridized carbons (Fsp3) is 0.417. The monoisotopic (exact) mass is 286 g/mol. The van der Waals surface area contributed by atoms with Gasteiger partial charge in [0.25, 0.3) is 0 Å². The first kappa shape index (κ1) is 13.2. The van der Waals surface area contributed by atoms with Crippen LogP contribution in [0.5, 0.6) is 0 Å². The maximum absolute atomic E-state index is 10.7. The van der Waals surface area contributed by atoms with E-state index in [1.54, 1.807) is 0 Å². The summed E-state index contributed by atoms with van der Waals surface area (Å²) in [6.07, 6.45) is 1.67. The van der Waals surface area contributed by atoms with Gasteiger partial charge in [-0.2, -0.15) is 0 Å². The van der Waals surface area contributed by atoms with Crippen LogP contribution >= 0.6 is 15.9 Å². The molecule has 1 atom stereocenters. The van der Waals surface area contributed by atoms with Crippen molar-refractivity contribution in [2.45, 2.75) is 31.8 Å². The van der Waals surface area contributed by atoms with Crippen LogP contribution in [0.1, 0.15) is 25.3 Å². The molecule has 0 aliphatic heterocycles. The molecule has 0 aromatic heterocycles. The number of carboxylic acids is 1. The standard InChI is InChI=1S/C12H15BrO3/c1-12(16,11(14)15)7-3-5-9-4-2-6-10(13)8-9/h2,4,6,8,16H,3,5,7H2,1H3,(H,14,15). The average molecular weight is 287 g/mol. The maximum Gasteiger partial charge on any atom is 0.335 e. The second-order valence-electron chi connectivity index (χ2n) is 4.06. The first-order valence-electron chi connectivity index (χ1n) is 5.12. The number of aryl methyl sites for hydroxylation is 1. The summed E-state index contributed by atoms with van der Waals surface area (Å²) < 4.78 is 1.01. The third kappa shape index (κ3) is 3.94. The highest BCUT2D eigenvalue weighted by Crippen LogP contribution is 2.17. The Bertz CT molecular complexity index is 374. The van der Waals surface area contributed by atoms with E-state index in [2.05, 4.69) is 15.9 Å². The zero-order valence-corrected chi connectivity index (χ0v) is 10.7. The quantitative estimate of drug-likeness (QED) is 0.875. The molecule has 0 amide bonds. The molecule has 88 valence electrons. The van der Waals surface area contributed by atoms with E-state index >= 15 is 0 Å². The summed E-state index contributed by atoms with van der Waals surface area (Å²) in [5.74, 6) is -1.17. The Labute approximate surface area is 103 Å². The van der Waals surface area contributed by atoms with Gasteiger partial charge in [0.05, 0.1) is 0 Å². The molecule has 0 spiro atoms. The highest BCUT2D eigenvalue weighted by Gasteiger charge is 2.28. The highest BCUT2D eigenvalue weighted by molar-refractivity contribution is 9.10. The van der Waals surface area contributed by atoms with Gasteiger partial charge >= 0.3 is 5.97 Å². The van der Waals surface area contributed by atoms with E-state index in [1.807, 2.05) is 24.3 Å². The number of aliphatic carboxylic acids is 1. The van der Waals surface area contributed by atoms with Gasteiger partial charge in [-0.15, -0.1) is 0 Å². The molecule has 0 aliphatic carbocycles. The molecule has 1 aromatic rings. The van der Waals surface area contributed by atoms with E-state index < -0.39 is 11.6 Å². The van der Waals surface area contributed by atoms with Crippen molar-refractivity contribution < 1.29 is 15.0 Å². The van der Waals surface area contributed by atoms with Gasteiger partial charge in [0.1, 0.15) is 0 Å². The third-order valence-electron chi connectivity index (χ3n) is 2.48. The van der Waals surface area contributed by atoms with E-state index in [4.69, 9.17) is 5.11 Å². The molecular weight excluding hydrogens is 272 g/mol. The van der Waals surface area contributed by atoms with Gasteiger partial charge < -0.3 is 10.2 Å².